The van der Waals surface area contributed by atoms with Gasteiger partial charge in [-0.25, -0.2) is 8.42 Å². The molecule has 0 aromatic heterocycles. The van der Waals surface area contributed by atoms with Crippen LogP contribution in [0.3, 0.4) is 0 Å². The summed E-state index contributed by atoms with van der Waals surface area (Å²) in [6.07, 6.45) is 4.96. The van der Waals surface area contributed by atoms with Gasteiger partial charge in [-0.2, -0.15) is 5.26 Å². The number of piperidine rings is 1. The van der Waals surface area contributed by atoms with Gasteiger partial charge in [0.1, 0.15) is 6.54 Å². The van der Waals surface area contributed by atoms with Crippen LogP contribution < -0.4 is 10.6 Å². The molecule has 4 rings (SSSR count). The molecule has 2 aromatic carbocycles. The first kappa shape index (κ1) is 30.1. The van der Waals surface area contributed by atoms with E-state index in [1.165, 1.54) is 17.3 Å². The maximum atomic E-state index is 13.1. The molecule has 0 bridgehead atoms. The van der Waals surface area contributed by atoms with Gasteiger partial charge in [0.15, 0.2) is 9.84 Å². The number of thioether (sulfide) groups is 1. The van der Waals surface area contributed by atoms with E-state index in [-0.39, 0.29) is 52.6 Å². The van der Waals surface area contributed by atoms with Gasteiger partial charge in [-0.05, 0) is 61.4 Å². The number of rotatable bonds is 11. The molecule has 1 aliphatic carbocycles. The van der Waals surface area contributed by atoms with Crippen molar-refractivity contribution >= 4 is 33.4 Å². The van der Waals surface area contributed by atoms with Crippen LogP contribution in [-0.2, 0) is 26.0 Å². The number of amides is 2. The van der Waals surface area contributed by atoms with Crippen LogP contribution in [0.15, 0.2) is 64.4 Å². The van der Waals surface area contributed by atoms with Crippen LogP contribution in [0.2, 0.25) is 0 Å². The average Bonchev–Trinajstić information content (AvgIpc) is 2.97. The zero-order valence-corrected chi connectivity index (χ0v) is 24.4. The number of carbonyl (C=O) groups is 2. The second kappa shape index (κ2) is 14.7. The Morgan fingerprint density at radius 2 is 1.68 bits per heavy atom. The number of sulfone groups is 1. The topological polar surface area (TPSA) is 119 Å². The summed E-state index contributed by atoms with van der Waals surface area (Å²) in [6, 6.07) is 19.2. The van der Waals surface area contributed by atoms with Gasteiger partial charge in [0.25, 0.3) is 0 Å². The van der Waals surface area contributed by atoms with Crippen molar-refractivity contribution < 1.29 is 18.0 Å². The predicted octanol–water partition coefficient (Wildman–Crippen LogP) is 3.78. The molecule has 2 amide bonds. The van der Waals surface area contributed by atoms with E-state index in [4.69, 9.17) is 5.26 Å². The Morgan fingerprint density at radius 1 is 0.975 bits per heavy atom. The van der Waals surface area contributed by atoms with Crippen LogP contribution in [0.25, 0.3) is 0 Å². The van der Waals surface area contributed by atoms with Gasteiger partial charge in [-0.1, -0.05) is 43.2 Å². The molecule has 1 heterocycles. The fraction of sp³-hybridized carbons (Fsp3) is 0.500. The summed E-state index contributed by atoms with van der Waals surface area (Å²) in [5, 5.41) is 14.5. The van der Waals surface area contributed by atoms with Crippen LogP contribution in [0, 0.1) is 23.2 Å². The summed E-state index contributed by atoms with van der Waals surface area (Å²) >= 11 is 1.39. The van der Waals surface area contributed by atoms with Crippen molar-refractivity contribution in [2.24, 2.45) is 11.8 Å². The van der Waals surface area contributed by atoms with Gasteiger partial charge >= 0.3 is 0 Å². The highest BCUT2D eigenvalue weighted by molar-refractivity contribution is 8.00. The molecule has 1 saturated heterocycles. The SMILES string of the molecule is N#CCNC(=O)[C@@H]1CCCC[C@H]1CS(=O)(=O)c1ccc(SCC(=O)NC2CCN(Cc3ccccc3)CC2)cc1. The minimum absolute atomic E-state index is 0.0128. The van der Waals surface area contributed by atoms with Crippen molar-refractivity contribution in [3.63, 3.8) is 0 Å². The second-order valence-electron chi connectivity index (χ2n) is 10.7. The first-order valence-corrected chi connectivity index (χ1v) is 16.6. The highest BCUT2D eigenvalue weighted by Gasteiger charge is 2.34. The molecule has 2 aromatic rings. The summed E-state index contributed by atoms with van der Waals surface area (Å²) in [5.41, 5.74) is 1.30. The number of hydrogen-bond acceptors (Lipinski definition) is 7. The largest absolute Gasteiger partial charge is 0.353 e. The predicted molar refractivity (Wildman–Crippen MR) is 156 cm³/mol. The van der Waals surface area contributed by atoms with Crippen LogP contribution in [0.5, 0.6) is 0 Å². The Kier molecular flexibility index (Phi) is 11.0. The van der Waals surface area contributed by atoms with Crippen molar-refractivity contribution in [1.82, 2.24) is 15.5 Å². The quantitative estimate of drug-likeness (QED) is 0.306. The lowest BCUT2D eigenvalue weighted by Gasteiger charge is -2.32. The van der Waals surface area contributed by atoms with Crippen molar-refractivity contribution in [2.45, 2.75) is 60.9 Å². The molecule has 0 unspecified atom stereocenters. The lowest BCUT2D eigenvalue weighted by atomic mass is 9.80. The first-order valence-electron chi connectivity index (χ1n) is 14.0. The molecular formula is C30H38N4O4S2. The summed E-state index contributed by atoms with van der Waals surface area (Å²) < 4.78 is 26.3. The Labute approximate surface area is 241 Å². The summed E-state index contributed by atoms with van der Waals surface area (Å²) in [4.78, 5) is 28.5. The van der Waals surface area contributed by atoms with E-state index in [1.54, 1.807) is 24.3 Å². The number of carbonyl (C=O) groups excluding carboxylic acids is 2. The Balaban J connectivity index is 1.22. The molecule has 1 saturated carbocycles. The third-order valence-corrected chi connectivity index (χ3v) is 10.6. The Hall–Kier alpha value is -2.87. The standard InChI is InChI=1S/C30H38N4O4S2/c31-16-17-32-30(36)28-9-5-4-8-24(28)22-40(37,38)27-12-10-26(11-13-27)39-21-29(35)33-25-14-18-34(19-15-25)20-23-6-2-1-3-7-23/h1-3,6-7,10-13,24-25,28H,4-5,8-9,14-15,17-22H2,(H,32,36)(H,33,35)/t24-,28+/m0/s1. The molecule has 0 radical (unpaired) electrons. The molecule has 0 spiro atoms. The highest BCUT2D eigenvalue weighted by Crippen LogP contribution is 2.33. The fourth-order valence-electron chi connectivity index (χ4n) is 5.63. The van der Waals surface area contributed by atoms with E-state index in [1.807, 2.05) is 12.1 Å². The lowest BCUT2D eigenvalue weighted by Crippen LogP contribution is -2.44. The number of nitrogens with one attached hydrogen (secondary N) is 2. The van der Waals surface area contributed by atoms with Crippen LogP contribution in [-0.4, -0.2) is 62.3 Å². The van der Waals surface area contributed by atoms with Crippen LogP contribution in [0.4, 0.5) is 0 Å². The molecule has 1 aliphatic heterocycles. The Bertz CT molecular complexity index is 1270. The average molecular weight is 583 g/mol. The van der Waals surface area contributed by atoms with E-state index in [0.29, 0.717) is 12.8 Å². The smallest absolute Gasteiger partial charge is 0.230 e. The molecule has 2 fully saturated rings. The van der Waals surface area contributed by atoms with Crippen molar-refractivity contribution in [3.8, 4) is 6.07 Å². The van der Waals surface area contributed by atoms with E-state index in [2.05, 4.69) is 39.8 Å². The summed E-state index contributed by atoms with van der Waals surface area (Å²) in [7, 11) is -3.58. The maximum absolute atomic E-state index is 13.1. The van der Waals surface area contributed by atoms with Crippen molar-refractivity contribution in [3.05, 3.63) is 60.2 Å². The van der Waals surface area contributed by atoms with E-state index >= 15 is 0 Å². The van der Waals surface area contributed by atoms with Gasteiger partial charge in [-0.3, -0.25) is 14.5 Å². The van der Waals surface area contributed by atoms with Gasteiger partial charge in [0, 0.05) is 36.5 Å². The summed E-state index contributed by atoms with van der Waals surface area (Å²) in [5.74, 6) is -0.707. The van der Waals surface area contributed by atoms with Gasteiger partial charge in [0.05, 0.1) is 22.5 Å². The molecule has 2 atom stereocenters. The van der Waals surface area contributed by atoms with Gasteiger partial charge in [0.2, 0.25) is 11.8 Å². The normalized spacial score (nSPS) is 20.4. The van der Waals surface area contributed by atoms with E-state index in [9.17, 15) is 18.0 Å². The molecule has 2 N–H and O–H groups in total. The minimum Gasteiger partial charge on any atom is -0.353 e. The third-order valence-electron chi connectivity index (χ3n) is 7.78. The van der Waals surface area contributed by atoms with E-state index < -0.39 is 9.84 Å². The number of nitrogens with zero attached hydrogens (tertiary/aromatic N) is 2. The van der Waals surface area contributed by atoms with Gasteiger partial charge < -0.3 is 10.6 Å². The number of likely N-dealkylation sites (tertiary alicyclic amines) is 1. The van der Waals surface area contributed by atoms with Crippen LogP contribution in [0.1, 0.15) is 44.1 Å². The molecule has 214 valence electrons. The van der Waals surface area contributed by atoms with Crippen LogP contribution >= 0.6 is 11.8 Å². The third kappa shape index (κ3) is 8.82. The molecule has 10 heteroatoms. The summed E-state index contributed by atoms with van der Waals surface area (Å²) in [6.45, 7) is 2.77. The first-order chi connectivity index (χ1) is 19.3. The molecular weight excluding hydrogens is 544 g/mol. The minimum atomic E-state index is -3.58. The number of benzene rings is 2. The molecule has 2 aliphatic rings. The second-order valence-corrected chi connectivity index (χ2v) is 13.8. The van der Waals surface area contributed by atoms with Gasteiger partial charge in [-0.15, -0.1) is 11.8 Å². The Morgan fingerprint density at radius 3 is 2.38 bits per heavy atom. The maximum Gasteiger partial charge on any atom is 0.230 e. The molecule has 8 nitrogen and oxygen atoms in total. The lowest BCUT2D eigenvalue weighted by molar-refractivity contribution is -0.127. The zero-order valence-electron chi connectivity index (χ0n) is 22.8. The van der Waals surface area contributed by atoms with Crippen molar-refractivity contribution in [2.75, 3.05) is 31.1 Å². The zero-order chi connectivity index (χ0) is 28.4. The van der Waals surface area contributed by atoms with E-state index in [0.717, 1.165) is 50.2 Å². The number of nitriles is 1. The number of hydrogen-bond donors (Lipinski definition) is 2. The molecule has 40 heavy (non-hydrogen) atoms. The fourth-order valence-corrected chi connectivity index (χ4v) is 8.04. The highest BCUT2D eigenvalue weighted by atomic mass is 32.2. The van der Waals surface area contributed by atoms with Crippen molar-refractivity contribution in [1.29, 1.82) is 5.26 Å². The monoisotopic (exact) mass is 582 g/mol.